The highest BCUT2D eigenvalue weighted by Crippen LogP contribution is 2.33. The Bertz CT molecular complexity index is 1720. The molecule has 1 atom stereocenters. The second kappa shape index (κ2) is 13.3. The van der Waals surface area contributed by atoms with Crippen LogP contribution < -0.4 is 10.6 Å². The number of hydrogen-bond donors (Lipinski definition) is 2. The highest BCUT2D eigenvalue weighted by molar-refractivity contribution is 7.99. The Morgan fingerprint density at radius 1 is 0.884 bits per heavy atom. The molecule has 7 heteroatoms. The van der Waals surface area contributed by atoms with Crippen LogP contribution in [-0.2, 0) is 11.2 Å². The van der Waals surface area contributed by atoms with Crippen LogP contribution >= 0.6 is 11.8 Å². The molecule has 220 valence electrons. The summed E-state index contributed by atoms with van der Waals surface area (Å²) in [4.78, 5) is 31.9. The smallest absolute Gasteiger partial charge is 0.251 e. The van der Waals surface area contributed by atoms with Crippen molar-refractivity contribution < 1.29 is 9.59 Å². The first-order valence-electron chi connectivity index (χ1n) is 14.7. The van der Waals surface area contributed by atoms with Gasteiger partial charge in [0.25, 0.3) is 5.91 Å². The van der Waals surface area contributed by atoms with Crippen LogP contribution in [0.2, 0.25) is 0 Å². The predicted molar refractivity (Wildman–Crippen MR) is 178 cm³/mol. The van der Waals surface area contributed by atoms with E-state index in [0.29, 0.717) is 12.0 Å². The zero-order valence-corrected chi connectivity index (χ0v) is 26.2. The number of hydrogen-bond acceptors (Lipinski definition) is 4. The summed E-state index contributed by atoms with van der Waals surface area (Å²) in [6.07, 6.45) is 0.315. The molecule has 0 aliphatic carbocycles. The quantitative estimate of drug-likeness (QED) is 0.161. The summed E-state index contributed by atoms with van der Waals surface area (Å²) in [5.74, 6) is 1.65. The number of benzene rings is 4. The second-order valence-corrected chi connectivity index (χ2v) is 12.4. The van der Waals surface area contributed by atoms with E-state index in [-0.39, 0.29) is 23.9 Å². The zero-order chi connectivity index (χ0) is 30.5. The number of aryl methyl sites for hydroxylation is 1. The molecule has 4 aromatic carbocycles. The number of amides is 2. The lowest BCUT2D eigenvalue weighted by Crippen LogP contribution is -2.30. The fourth-order valence-electron chi connectivity index (χ4n) is 5.13. The number of carbonyl (C=O) groups is 2. The molecule has 0 spiro atoms. The normalized spacial score (nSPS) is 12.0. The van der Waals surface area contributed by atoms with Gasteiger partial charge in [-0.05, 0) is 99.2 Å². The van der Waals surface area contributed by atoms with Gasteiger partial charge in [0.15, 0.2) is 0 Å². The minimum atomic E-state index is -0.106. The Morgan fingerprint density at radius 3 is 2.23 bits per heavy atom. The number of nitrogens with one attached hydrogen (secondary N) is 2. The summed E-state index contributed by atoms with van der Waals surface area (Å²) in [6.45, 7) is 10.3. The van der Waals surface area contributed by atoms with E-state index in [1.54, 1.807) is 11.8 Å². The van der Waals surface area contributed by atoms with Crippen molar-refractivity contribution in [2.24, 2.45) is 0 Å². The van der Waals surface area contributed by atoms with Crippen molar-refractivity contribution in [3.8, 4) is 11.4 Å². The predicted octanol–water partition coefficient (Wildman–Crippen LogP) is 8.05. The summed E-state index contributed by atoms with van der Waals surface area (Å²) >= 11 is 1.79. The van der Waals surface area contributed by atoms with Gasteiger partial charge in [-0.15, -0.1) is 11.8 Å². The third kappa shape index (κ3) is 7.17. The topological polar surface area (TPSA) is 76.0 Å². The molecule has 5 rings (SSSR count). The summed E-state index contributed by atoms with van der Waals surface area (Å²) < 4.78 is 2.19. The Hall–Kier alpha value is -4.36. The summed E-state index contributed by atoms with van der Waals surface area (Å²) in [5.41, 5.74) is 7.28. The van der Waals surface area contributed by atoms with E-state index in [4.69, 9.17) is 4.98 Å². The molecule has 0 radical (unpaired) electrons. The number of nitrogens with zero attached hydrogens (tertiary/aromatic N) is 2. The Kier molecular flexibility index (Phi) is 9.31. The highest BCUT2D eigenvalue weighted by atomic mass is 32.2. The van der Waals surface area contributed by atoms with E-state index in [0.717, 1.165) is 45.0 Å². The van der Waals surface area contributed by atoms with E-state index < -0.39 is 0 Å². The summed E-state index contributed by atoms with van der Waals surface area (Å²) in [6, 6.07) is 30.1. The van der Waals surface area contributed by atoms with Gasteiger partial charge in [0, 0.05) is 27.8 Å². The lowest BCUT2D eigenvalue weighted by atomic mass is 10.0. The van der Waals surface area contributed by atoms with E-state index in [2.05, 4.69) is 72.4 Å². The van der Waals surface area contributed by atoms with E-state index >= 15 is 0 Å². The zero-order valence-electron chi connectivity index (χ0n) is 25.3. The standard InChI is InChI=1S/C36H38N4O2S/c1-6-43-31-18-9-26(10-19-31)21-34(41)38-30-16-13-28(14-17-30)35-39-32-20-15-29(36(42)37-23(2)3)22-33(32)40(35)25(5)27-11-7-24(4)8-12-27/h7-20,22-23,25H,6,21H2,1-5H3,(H,37,42)(H,38,41)/t25-/m1/s1. The number of fused-ring (bicyclic) bond motifs is 1. The molecule has 2 N–H and O–H groups in total. The number of thioether (sulfide) groups is 1. The molecule has 0 unspecified atom stereocenters. The molecule has 0 saturated carbocycles. The number of anilines is 1. The molecular formula is C36H38N4O2S. The number of imidazole rings is 1. The van der Waals surface area contributed by atoms with Crippen molar-refractivity contribution in [2.45, 2.75) is 58.0 Å². The van der Waals surface area contributed by atoms with Gasteiger partial charge in [0.05, 0.1) is 23.5 Å². The van der Waals surface area contributed by atoms with Crippen LogP contribution in [0.3, 0.4) is 0 Å². The van der Waals surface area contributed by atoms with E-state index in [1.807, 2.05) is 68.4 Å². The summed E-state index contributed by atoms with van der Waals surface area (Å²) in [5, 5.41) is 6.01. The third-order valence-corrected chi connectivity index (χ3v) is 8.24. The second-order valence-electron chi connectivity index (χ2n) is 11.1. The van der Waals surface area contributed by atoms with Gasteiger partial charge >= 0.3 is 0 Å². The van der Waals surface area contributed by atoms with Gasteiger partial charge in [-0.1, -0.05) is 48.9 Å². The van der Waals surface area contributed by atoms with Crippen molar-refractivity contribution in [3.63, 3.8) is 0 Å². The molecule has 0 aliphatic heterocycles. The SMILES string of the molecule is CCSc1ccc(CC(=O)Nc2ccc(-c3nc4ccc(C(=O)NC(C)C)cc4n3[C@H](C)c3ccc(C)cc3)cc2)cc1. The summed E-state index contributed by atoms with van der Waals surface area (Å²) in [7, 11) is 0. The highest BCUT2D eigenvalue weighted by Gasteiger charge is 2.20. The minimum Gasteiger partial charge on any atom is -0.350 e. The minimum absolute atomic E-state index is 0.0366. The van der Waals surface area contributed by atoms with Crippen LogP contribution in [0.5, 0.6) is 0 Å². The van der Waals surface area contributed by atoms with Gasteiger partial charge in [-0.3, -0.25) is 9.59 Å². The van der Waals surface area contributed by atoms with Crippen LogP contribution in [-0.4, -0.2) is 33.2 Å². The number of aromatic nitrogens is 2. The first-order valence-corrected chi connectivity index (χ1v) is 15.7. The first kappa shape index (κ1) is 30.1. The molecule has 1 aromatic heterocycles. The molecule has 0 bridgehead atoms. The van der Waals surface area contributed by atoms with Gasteiger partial charge < -0.3 is 15.2 Å². The van der Waals surface area contributed by atoms with Crippen LogP contribution in [0.25, 0.3) is 22.4 Å². The van der Waals surface area contributed by atoms with Crippen LogP contribution in [0, 0.1) is 6.92 Å². The van der Waals surface area contributed by atoms with Gasteiger partial charge in [0.1, 0.15) is 5.82 Å². The van der Waals surface area contributed by atoms with Crippen molar-refractivity contribution in [3.05, 3.63) is 113 Å². The molecule has 0 saturated heterocycles. The average molecular weight is 591 g/mol. The molecule has 6 nitrogen and oxygen atoms in total. The molecule has 43 heavy (non-hydrogen) atoms. The number of carbonyl (C=O) groups excluding carboxylic acids is 2. The van der Waals surface area contributed by atoms with Crippen molar-refractivity contribution in [2.75, 3.05) is 11.1 Å². The van der Waals surface area contributed by atoms with Gasteiger partial charge in [0.2, 0.25) is 5.91 Å². The van der Waals surface area contributed by atoms with Crippen LogP contribution in [0.4, 0.5) is 5.69 Å². The molecule has 1 heterocycles. The largest absolute Gasteiger partial charge is 0.350 e. The molecule has 2 amide bonds. The number of rotatable bonds is 10. The first-order chi connectivity index (χ1) is 20.7. The maximum absolute atomic E-state index is 12.9. The lowest BCUT2D eigenvalue weighted by molar-refractivity contribution is -0.115. The Labute approximate surface area is 257 Å². The van der Waals surface area contributed by atoms with E-state index in [9.17, 15) is 9.59 Å². The fraction of sp³-hybridized carbons (Fsp3) is 0.250. The maximum Gasteiger partial charge on any atom is 0.251 e. The molecule has 0 fully saturated rings. The van der Waals surface area contributed by atoms with Crippen LogP contribution in [0.1, 0.15) is 60.8 Å². The average Bonchev–Trinajstić information content (AvgIpc) is 3.37. The fourth-order valence-corrected chi connectivity index (χ4v) is 5.79. The van der Waals surface area contributed by atoms with Gasteiger partial charge in [-0.2, -0.15) is 0 Å². The van der Waals surface area contributed by atoms with E-state index in [1.165, 1.54) is 10.5 Å². The van der Waals surface area contributed by atoms with Crippen molar-refractivity contribution >= 4 is 40.3 Å². The lowest BCUT2D eigenvalue weighted by Gasteiger charge is -2.19. The van der Waals surface area contributed by atoms with Gasteiger partial charge in [-0.25, -0.2) is 4.98 Å². The van der Waals surface area contributed by atoms with Crippen molar-refractivity contribution in [1.82, 2.24) is 14.9 Å². The molecule has 5 aromatic rings. The van der Waals surface area contributed by atoms with Crippen molar-refractivity contribution in [1.29, 1.82) is 0 Å². The maximum atomic E-state index is 12.9. The third-order valence-electron chi connectivity index (χ3n) is 7.34. The van der Waals surface area contributed by atoms with Crippen LogP contribution in [0.15, 0.2) is 95.9 Å². The monoisotopic (exact) mass is 590 g/mol. The molecule has 0 aliphatic rings. The molecular weight excluding hydrogens is 552 g/mol. The Morgan fingerprint density at radius 2 is 1.58 bits per heavy atom. The Balaban J connectivity index is 1.44.